The van der Waals surface area contributed by atoms with Crippen molar-refractivity contribution in [3.05, 3.63) is 0 Å². The van der Waals surface area contributed by atoms with Gasteiger partial charge in [0.05, 0.1) is 24.7 Å². The summed E-state index contributed by atoms with van der Waals surface area (Å²) in [6.07, 6.45) is 0.773. The summed E-state index contributed by atoms with van der Waals surface area (Å²) in [6.45, 7) is 8.41. The molecule has 0 radical (unpaired) electrons. The molecule has 0 N–H and O–H groups in total. The molecule has 0 aromatic carbocycles. The third kappa shape index (κ3) is 7.76. The Morgan fingerprint density at radius 1 is 1.15 bits per heavy atom. The zero-order valence-corrected chi connectivity index (χ0v) is 8.80. The summed E-state index contributed by atoms with van der Waals surface area (Å²) in [5.74, 6) is 0. The number of hydrogen-bond donors (Lipinski definition) is 0. The summed E-state index contributed by atoms with van der Waals surface area (Å²) < 4.78 is 10.4. The van der Waals surface area contributed by atoms with Crippen molar-refractivity contribution in [3.63, 3.8) is 0 Å². The minimum absolute atomic E-state index is 0.272. The highest BCUT2D eigenvalue weighted by atomic mass is 16.5. The Hall–Kier alpha value is -0.590. The maximum absolute atomic E-state index is 8.70. The van der Waals surface area contributed by atoms with Gasteiger partial charge in [-0.2, -0.15) is 5.26 Å². The lowest BCUT2D eigenvalue weighted by atomic mass is 9.92. The van der Waals surface area contributed by atoms with Gasteiger partial charge in [0, 0.05) is 13.2 Å². The van der Waals surface area contributed by atoms with Crippen LogP contribution in [0, 0.1) is 16.7 Å². The molecule has 0 aliphatic carbocycles. The molecule has 0 rings (SSSR count). The van der Waals surface area contributed by atoms with E-state index < -0.39 is 0 Å². The standard InChI is InChI=1S/C10H19NO2/c1-4-12-7-8-13-6-5-10(2,3)9-11/h4-8H2,1-3H3. The lowest BCUT2D eigenvalue weighted by Crippen LogP contribution is -2.13. The van der Waals surface area contributed by atoms with Crippen LogP contribution in [0.3, 0.4) is 0 Å². The third-order valence-electron chi connectivity index (χ3n) is 1.75. The maximum atomic E-state index is 8.70. The van der Waals surface area contributed by atoms with Gasteiger partial charge in [0.1, 0.15) is 0 Å². The van der Waals surface area contributed by atoms with E-state index in [1.807, 2.05) is 20.8 Å². The molecule has 0 spiro atoms. The highest BCUT2D eigenvalue weighted by molar-refractivity contribution is 4.91. The summed E-state index contributed by atoms with van der Waals surface area (Å²) in [7, 11) is 0. The van der Waals surface area contributed by atoms with Gasteiger partial charge >= 0.3 is 0 Å². The van der Waals surface area contributed by atoms with Gasteiger partial charge in [-0.25, -0.2) is 0 Å². The highest BCUT2D eigenvalue weighted by Gasteiger charge is 2.15. The Morgan fingerprint density at radius 3 is 2.31 bits per heavy atom. The van der Waals surface area contributed by atoms with Crippen LogP contribution in [0.1, 0.15) is 27.2 Å². The molecule has 0 atom stereocenters. The topological polar surface area (TPSA) is 42.2 Å². The van der Waals surface area contributed by atoms with Crippen LogP contribution in [0.15, 0.2) is 0 Å². The van der Waals surface area contributed by atoms with Gasteiger partial charge in [-0.15, -0.1) is 0 Å². The van der Waals surface area contributed by atoms with Crippen molar-refractivity contribution in [2.75, 3.05) is 26.4 Å². The van der Waals surface area contributed by atoms with Crippen LogP contribution in [0.5, 0.6) is 0 Å². The second-order valence-corrected chi connectivity index (χ2v) is 3.55. The predicted molar refractivity (Wildman–Crippen MR) is 51.3 cm³/mol. The zero-order valence-electron chi connectivity index (χ0n) is 8.80. The van der Waals surface area contributed by atoms with Gasteiger partial charge in [0.15, 0.2) is 0 Å². The average Bonchev–Trinajstić information content (AvgIpc) is 2.11. The molecule has 0 aromatic heterocycles. The fourth-order valence-electron chi connectivity index (χ4n) is 0.747. The van der Waals surface area contributed by atoms with Crippen molar-refractivity contribution >= 4 is 0 Å². The Labute approximate surface area is 80.6 Å². The van der Waals surface area contributed by atoms with Crippen molar-refractivity contribution in [2.45, 2.75) is 27.2 Å². The van der Waals surface area contributed by atoms with E-state index in [1.165, 1.54) is 0 Å². The lowest BCUT2D eigenvalue weighted by molar-refractivity contribution is 0.0456. The van der Waals surface area contributed by atoms with Crippen molar-refractivity contribution in [3.8, 4) is 6.07 Å². The largest absolute Gasteiger partial charge is 0.379 e. The molecule has 0 aliphatic rings. The first-order chi connectivity index (χ1) is 6.12. The highest BCUT2D eigenvalue weighted by Crippen LogP contribution is 2.17. The summed E-state index contributed by atoms with van der Waals surface area (Å²) in [4.78, 5) is 0. The van der Waals surface area contributed by atoms with E-state index in [-0.39, 0.29) is 5.41 Å². The summed E-state index contributed by atoms with van der Waals surface area (Å²) in [5.41, 5.74) is -0.272. The Bertz CT molecular complexity index is 161. The van der Waals surface area contributed by atoms with Crippen LogP contribution in [-0.4, -0.2) is 26.4 Å². The Balaban J connectivity index is 3.22. The van der Waals surface area contributed by atoms with Crippen molar-refractivity contribution in [2.24, 2.45) is 5.41 Å². The molecule has 0 amide bonds. The fourth-order valence-corrected chi connectivity index (χ4v) is 0.747. The summed E-state index contributed by atoms with van der Waals surface area (Å²) >= 11 is 0. The molecule has 3 heteroatoms. The second-order valence-electron chi connectivity index (χ2n) is 3.55. The van der Waals surface area contributed by atoms with E-state index in [2.05, 4.69) is 6.07 Å². The third-order valence-corrected chi connectivity index (χ3v) is 1.75. The molecular weight excluding hydrogens is 166 g/mol. The van der Waals surface area contributed by atoms with E-state index in [0.29, 0.717) is 19.8 Å². The molecule has 0 bridgehead atoms. The molecule has 3 nitrogen and oxygen atoms in total. The van der Waals surface area contributed by atoms with E-state index in [4.69, 9.17) is 14.7 Å². The van der Waals surface area contributed by atoms with Gasteiger partial charge in [-0.05, 0) is 27.2 Å². The van der Waals surface area contributed by atoms with Crippen LogP contribution in [-0.2, 0) is 9.47 Å². The molecule has 76 valence electrons. The van der Waals surface area contributed by atoms with Gasteiger partial charge in [-0.3, -0.25) is 0 Å². The van der Waals surface area contributed by atoms with Crippen molar-refractivity contribution in [1.82, 2.24) is 0 Å². The van der Waals surface area contributed by atoms with Crippen LogP contribution >= 0.6 is 0 Å². The normalized spacial score (nSPS) is 11.2. The first kappa shape index (κ1) is 12.4. The minimum Gasteiger partial charge on any atom is -0.379 e. The number of hydrogen-bond acceptors (Lipinski definition) is 3. The smallest absolute Gasteiger partial charge is 0.0700 e. The summed E-state index contributed by atoms with van der Waals surface area (Å²) in [5, 5.41) is 8.70. The molecule has 0 heterocycles. The average molecular weight is 185 g/mol. The van der Waals surface area contributed by atoms with Gasteiger partial charge in [0.2, 0.25) is 0 Å². The molecule has 0 fully saturated rings. The van der Waals surface area contributed by atoms with Gasteiger partial charge in [0.25, 0.3) is 0 Å². The molecule has 13 heavy (non-hydrogen) atoms. The lowest BCUT2D eigenvalue weighted by Gasteiger charge is -2.14. The number of nitrogens with zero attached hydrogens (tertiary/aromatic N) is 1. The van der Waals surface area contributed by atoms with E-state index in [9.17, 15) is 0 Å². The number of rotatable bonds is 7. The number of ether oxygens (including phenoxy) is 2. The van der Waals surface area contributed by atoms with Crippen LogP contribution in [0.4, 0.5) is 0 Å². The molecule has 0 unspecified atom stereocenters. The van der Waals surface area contributed by atoms with Crippen LogP contribution in [0.25, 0.3) is 0 Å². The Kier molecular flexibility index (Phi) is 6.56. The fraction of sp³-hybridized carbons (Fsp3) is 0.900. The summed E-state index contributed by atoms with van der Waals surface area (Å²) in [6, 6.07) is 2.23. The van der Waals surface area contributed by atoms with E-state index in [1.54, 1.807) is 0 Å². The van der Waals surface area contributed by atoms with Crippen LogP contribution in [0.2, 0.25) is 0 Å². The molecule has 0 aromatic rings. The van der Waals surface area contributed by atoms with E-state index >= 15 is 0 Å². The quantitative estimate of drug-likeness (QED) is 0.569. The first-order valence-corrected chi connectivity index (χ1v) is 4.69. The van der Waals surface area contributed by atoms with Crippen molar-refractivity contribution < 1.29 is 9.47 Å². The monoisotopic (exact) mass is 185 g/mol. The van der Waals surface area contributed by atoms with Gasteiger partial charge in [-0.1, -0.05) is 0 Å². The van der Waals surface area contributed by atoms with E-state index in [0.717, 1.165) is 13.0 Å². The minimum atomic E-state index is -0.272. The van der Waals surface area contributed by atoms with Gasteiger partial charge < -0.3 is 9.47 Å². The Morgan fingerprint density at radius 2 is 1.77 bits per heavy atom. The number of nitriles is 1. The SMILES string of the molecule is CCOCCOCCC(C)(C)C#N. The zero-order chi connectivity index (χ0) is 10.2. The predicted octanol–water partition coefficient (Wildman–Crippen LogP) is 1.98. The molecule has 0 aliphatic heterocycles. The second kappa shape index (κ2) is 6.88. The molecule has 0 saturated carbocycles. The molecule has 0 saturated heterocycles. The maximum Gasteiger partial charge on any atom is 0.0700 e. The van der Waals surface area contributed by atoms with Crippen molar-refractivity contribution in [1.29, 1.82) is 5.26 Å². The van der Waals surface area contributed by atoms with Crippen LogP contribution < -0.4 is 0 Å². The molecular formula is C10H19NO2. The first-order valence-electron chi connectivity index (χ1n) is 4.69.